The molecule has 2 fully saturated rings. The van der Waals surface area contributed by atoms with Gasteiger partial charge >= 0.3 is 0 Å². The van der Waals surface area contributed by atoms with E-state index in [4.69, 9.17) is 0 Å². The van der Waals surface area contributed by atoms with Gasteiger partial charge in [0.2, 0.25) is 10.0 Å². The van der Waals surface area contributed by atoms with Crippen molar-refractivity contribution in [3.63, 3.8) is 0 Å². The molecule has 0 bridgehead atoms. The average molecular weight is 401 g/mol. The van der Waals surface area contributed by atoms with Crippen molar-refractivity contribution >= 4 is 15.9 Å². The molecule has 1 aromatic carbocycles. The Hall–Kier alpha value is -2.19. The summed E-state index contributed by atoms with van der Waals surface area (Å²) in [4.78, 5) is 19.7. The summed E-state index contributed by atoms with van der Waals surface area (Å²) >= 11 is 0. The molecule has 0 spiro atoms. The number of hydrogen-bond acceptors (Lipinski definition) is 4. The van der Waals surface area contributed by atoms with E-state index in [1.165, 1.54) is 4.31 Å². The van der Waals surface area contributed by atoms with Crippen LogP contribution in [0.4, 0.5) is 0 Å². The SMILES string of the molecule is O=C(c1ncn2c1CN(CC1CC1)S(=O)(=O)c1ccccc1-2)N1CCCCC1. The van der Waals surface area contributed by atoms with E-state index in [-0.39, 0.29) is 17.3 Å². The molecule has 3 heterocycles. The summed E-state index contributed by atoms with van der Waals surface area (Å²) in [7, 11) is -3.62. The van der Waals surface area contributed by atoms with E-state index in [0.29, 0.717) is 29.5 Å². The maximum absolute atomic E-state index is 13.3. The van der Waals surface area contributed by atoms with Gasteiger partial charge in [0.15, 0.2) is 5.69 Å². The third-order valence-electron chi connectivity index (χ3n) is 5.94. The molecule has 28 heavy (non-hydrogen) atoms. The van der Waals surface area contributed by atoms with Crippen LogP contribution in [-0.4, -0.2) is 52.7 Å². The monoisotopic (exact) mass is 400 g/mol. The minimum atomic E-state index is -3.62. The van der Waals surface area contributed by atoms with Gasteiger partial charge in [-0.1, -0.05) is 12.1 Å². The van der Waals surface area contributed by atoms with Crippen LogP contribution in [0.25, 0.3) is 5.69 Å². The van der Waals surface area contributed by atoms with E-state index >= 15 is 0 Å². The molecular formula is C20H24N4O3S. The third kappa shape index (κ3) is 2.95. The van der Waals surface area contributed by atoms with E-state index in [1.807, 2.05) is 11.0 Å². The maximum atomic E-state index is 13.3. The van der Waals surface area contributed by atoms with Crippen LogP contribution >= 0.6 is 0 Å². The quantitative estimate of drug-likeness (QED) is 0.793. The molecule has 0 N–H and O–H groups in total. The Morgan fingerprint density at radius 1 is 1.11 bits per heavy atom. The zero-order chi connectivity index (χ0) is 19.3. The van der Waals surface area contributed by atoms with Gasteiger partial charge < -0.3 is 4.90 Å². The van der Waals surface area contributed by atoms with E-state index in [0.717, 1.165) is 45.2 Å². The van der Waals surface area contributed by atoms with Crippen LogP contribution < -0.4 is 0 Å². The predicted octanol–water partition coefficient (Wildman–Crippen LogP) is 2.41. The molecule has 1 saturated carbocycles. The summed E-state index contributed by atoms with van der Waals surface area (Å²) in [6.45, 7) is 2.17. The molecule has 3 aliphatic rings. The fourth-order valence-electron chi connectivity index (χ4n) is 4.17. The molecule has 5 rings (SSSR count). The molecule has 0 unspecified atom stereocenters. The molecular weight excluding hydrogens is 376 g/mol. The normalized spacial score (nSPS) is 21.6. The van der Waals surface area contributed by atoms with E-state index in [2.05, 4.69) is 4.98 Å². The molecule has 148 valence electrons. The van der Waals surface area contributed by atoms with Gasteiger partial charge in [-0.3, -0.25) is 9.36 Å². The fraction of sp³-hybridized carbons (Fsp3) is 0.500. The van der Waals surface area contributed by atoms with Gasteiger partial charge in [0, 0.05) is 19.6 Å². The Kier molecular flexibility index (Phi) is 4.28. The highest BCUT2D eigenvalue weighted by molar-refractivity contribution is 7.89. The number of piperidine rings is 1. The Morgan fingerprint density at radius 3 is 2.61 bits per heavy atom. The molecule has 1 aliphatic carbocycles. The average Bonchev–Trinajstić information content (AvgIpc) is 3.46. The number of carbonyl (C=O) groups is 1. The van der Waals surface area contributed by atoms with Gasteiger partial charge in [0.05, 0.1) is 17.9 Å². The van der Waals surface area contributed by atoms with Crippen molar-refractivity contribution in [3.05, 3.63) is 42.0 Å². The number of hydrogen-bond donors (Lipinski definition) is 0. The van der Waals surface area contributed by atoms with Crippen LogP contribution in [0.1, 0.15) is 48.3 Å². The van der Waals surface area contributed by atoms with Crippen LogP contribution in [0.2, 0.25) is 0 Å². The number of nitrogens with zero attached hydrogens (tertiary/aromatic N) is 4. The first-order valence-electron chi connectivity index (χ1n) is 10.0. The summed E-state index contributed by atoms with van der Waals surface area (Å²) in [5.41, 5.74) is 1.63. The highest BCUT2D eigenvalue weighted by atomic mass is 32.2. The highest BCUT2D eigenvalue weighted by Crippen LogP contribution is 2.36. The van der Waals surface area contributed by atoms with Gasteiger partial charge in [-0.25, -0.2) is 13.4 Å². The Morgan fingerprint density at radius 2 is 1.86 bits per heavy atom. The minimum Gasteiger partial charge on any atom is -0.337 e. The zero-order valence-electron chi connectivity index (χ0n) is 15.7. The number of sulfonamides is 1. The lowest BCUT2D eigenvalue weighted by atomic mass is 10.1. The van der Waals surface area contributed by atoms with Gasteiger partial charge in [-0.2, -0.15) is 4.31 Å². The predicted molar refractivity (Wildman–Crippen MR) is 104 cm³/mol. The second kappa shape index (κ2) is 6.70. The van der Waals surface area contributed by atoms with Crippen molar-refractivity contribution in [2.75, 3.05) is 19.6 Å². The molecule has 1 amide bonds. The second-order valence-electron chi connectivity index (χ2n) is 7.97. The standard InChI is InChI=1S/C20H24N4O3S/c25-20(22-10-4-1-5-11-22)19-17-13-23(12-15-8-9-15)28(26,27)18-7-3-2-6-16(18)24(17)14-21-19/h2-3,6-7,14-15H,1,4-5,8-13H2. The molecule has 0 atom stereocenters. The maximum Gasteiger partial charge on any atom is 0.274 e. The lowest BCUT2D eigenvalue weighted by molar-refractivity contribution is 0.0717. The van der Waals surface area contributed by atoms with Crippen LogP contribution in [0.15, 0.2) is 35.5 Å². The first-order chi connectivity index (χ1) is 13.6. The smallest absolute Gasteiger partial charge is 0.274 e. The molecule has 2 aromatic rings. The lowest BCUT2D eigenvalue weighted by Gasteiger charge is -2.26. The van der Waals surface area contributed by atoms with E-state index in [9.17, 15) is 13.2 Å². The molecule has 2 aliphatic heterocycles. The molecule has 7 nitrogen and oxygen atoms in total. The number of fused-ring (bicyclic) bond motifs is 3. The number of imidazole rings is 1. The van der Waals surface area contributed by atoms with Crippen LogP contribution in [0, 0.1) is 5.92 Å². The summed E-state index contributed by atoms with van der Waals surface area (Å²) in [5, 5.41) is 0. The minimum absolute atomic E-state index is 0.0865. The Balaban J connectivity index is 1.61. The zero-order valence-corrected chi connectivity index (χ0v) is 16.6. The van der Waals surface area contributed by atoms with Crippen molar-refractivity contribution in [1.29, 1.82) is 0 Å². The fourth-order valence-corrected chi connectivity index (χ4v) is 5.83. The van der Waals surface area contributed by atoms with Crippen LogP contribution in [0.5, 0.6) is 0 Å². The largest absolute Gasteiger partial charge is 0.337 e. The van der Waals surface area contributed by atoms with E-state index < -0.39 is 10.0 Å². The summed E-state index contributed by atoms with van der Waals surface area (Å²) < 4.78 is 30.0. The number of likely N-dealkylation sites (tertiary alicyclic amines) is 1. The van der Waals surface area contributed by atoms with Gasteiger partial charge in [0.1, 0.15) is 11.2 Å². The molecule has 1 aromatic heterocycles. The highest BCUT2D eigenvalue weighted by Gasteiger charge is 2.38. The van der Waals surface area contributed by atoms with Crippen molar-refractivity contribution in [3.8, 4) is 5.69 Å². The molecule has 1 saturated heterocycles. The summed E-state index contributed by atoms with van der Waals surface area (Å²) in [6.07, 6.45) is 6.88. The van der Waals surface area contributed by atoms with Crippen molar-refractivity contribution < 1.29 is 13.2 Å². The number of para-hydroxylation sites is 1. The number of benzene rings is 1. The number of carbonyl (C=O) groups excluding carboxylic acids is 1. The van der Waals surface area contributed by atoms with Crippen molar-refractivity contribution in [2.24, 2.45) is 5.92 Å². The topological polar surface area (TPSA) is 75.5 Å². The number of amides is 1. The van der Waals surface area contributed by atoms with Crippen molar-refractivity contribution in [1.82, 2.24) is 18.8 Å². The van der Waals surface area contributed by atoms with Crippen LogP contribution in [0.3, 0.4) is 0 Å². The van der Waals surface area contributed by atoms with Crippen molar-refractivity contribution in [2.45, 2.75) is 43.5 Å². The molecule has 0 radical (unpaired) electrons. The Bertz CT molecular complexity index is 1020. The van der Waals surface area contributed by atoms with E-state index in [1.54, 1.807) is 29.1 Å². The second-order valence-corrected chi connectivity index (χ2v) is 9.88. The Labute approximate surface area is 165 Å². The first-order valence-corrected chi connectivity index (χ1v) is 11.4. The number of rotatable bonds is 3. The first kappa shape index (κ1) is 17.9. The van der Waals surface area contributed by atoms with Gasteiger partial charge in [-0.15, -0.1) is 0 Å². The summed E-state index contributed by atoms with van der Waals surface area (Å²) in [6, 6.07) is 6.99. The molecule has 8 heteroatoms. The number of aromatic nitrogens is 2. The summed E-state index contributed by atoms with van der Waals surface area (Å²) in [5.74, 6) is 0.328. The van der Waals surface area contributed by atoms with Crippen LogP contribution in [-0.2, 0) is 16.6 Å². The van der Waals surface area contributed by atoms with Gasteiger partial charge in [0.25, 0.3) is 5.91 Å². The third-order valence-corrected chi connectivity index (χ3v) is 7.80. The lowest BCUT2D eigenvalue weighted by Crippen LogP contribution is -2.37. The van der Waals surface area contributed by atoms with Gasteiger partial charge in [-0.05, 0) is 50.2 Å².